The third kappa shape index (κ3) is 6.17. The maximum Gasteiger partial charge on any atom is 0.410 e. The molecule has 154 valence electrons. The summed E-state index contributed by atoms with van der Waals surface area (Å²) in [6.45, 7) is 6.62. The first kappa shape index (κ1) is 20.6. The number of piperidine rings is 1. The van der Waals surface area contributed by atoms with Crippen molar-refractivity contribution in [3.8, 4) is 11.8 Å². The number of amides is 1. The van der Waals surface area contributed by atoms with Crippen LogP contribution in [0.2, 0.25) is 0 Å². The second-order valence-electron chi connectivity index (χ2n) is 7.74. The highest BCUT2D eigenvalue weighted by Crippen LogP contribution is 2.19. The number of aromatic nitrogens is 2. The quantitative estimate of drug-likeness (QED) is 0.574. The second-order valence-corrected chi connectivity index (χ2v) is 7.74. The first-order valence-electron chi connectivity index (χ1n) is 9.54. The molecule has 0 bridgehead atoms. The van der Waals surface area contributed by atoms with E-state index in [0.717, 1.165) is 0 Å². The third-order valence-electron chi connectivity index (χ3n) is 4.18. The fourth-order valence-corrected chi connectivity index (χ4v) is 2.77. The van der Waals surface area contributed by atoms with E-state index in [1.54, 1.807) is 29.2 Å². The van der Waals surface area contributed by atoms with Gasteiger partial charge in [-0.25, -0.2) is 19.6 Å². The molecule has 1 aliphatic rings. The number of rotatable bonds is 4. The van der Waals surface area contributed by atoms with Gasteiger partial charge in [0.2, 0.25) is 0 Å². The Bertz CT molecular complexity index is 826. The van der Waals surface area contributed by atoms with Crippen LogP contribution in [0.25, 0.3) is 0 Å². The van der Waals surface area contributed by atoms with Crippen molar-refractivity contribution >= 4 is 12.1 Å². The zero-order valence-corrected chi connectivity index (χ0v) is 16.8. The summed E-state index contributed by atoms with van der Waals surface area (Å²) in [5.74, 6) is -0.0806. The van der Waals surface area contributed by atoms with E-state index in [9.17, 15) is 9.59 Å². The van der Waals surface area contributed by atoms with Gasteiger partial charge in [-0.05, 0) is 32.9 Å². The van der Waals surface area contributed by atoms with Gasteiger partial charge < -0.3 is 19.1 Å². The maximum atomic E-state index is 12.1. The number of para-hydroxylation sites is 1. The SMILES string of the molecule is CC(C)(C)OC(=O)N1CCC(Oc2ncc(C(=O)Oc3ccccc3)cn2)CC1. The van der Waals surface area contributed by atoms with Crippen LogP contribution in [0.5, 0.6) is 11.8 Å². The highest BCUT2D eigenvalue weighted by Gasteiger charge is 2.28. The molecule has 8 heteroatoms. The highest BCUT2D eigenvalue weighted by molar-refractivity contribution is 5.90. The Morgan fingerprint density at radius 1 is 1.03 bits per heavy atom. The van der Waals surface area contributed by atoms with Crippen molar-refractivity contribution in [1.29, 1.82) is 0 Å². The Kier molecular flexibility index (Phi) is 6.31. The van der Waals surface area contributed by atoms with Gasteiger partial charge in [0.15, 0.2) is 0 Å². The lowest BCUT2D eigenvalue weighted by Gasteiger charge is -2.33. The number of carbonyl (C=O) groups excluding carboxylic acids is 2. The van der Waals surface area contributed by atoms with Crippen LogP contribution in [0, 0.1) is 0 Å². The van der Waals surface area contributed by atoms with Gasteiger partial charge in [0, 0.05) is 38.3 Å². The average molecular weight is 399 g/mol. The highest BCUT2D eigenvalue weighted by atomic mass is 16.6. The molecule has 2 heterocycles. The van der Waals surface area contributed by atoms with E-state index in [0.29, 0.717) is 31.7 Å². The predicted molar refractivity (Wildman–Crippen MR) is 105 cm³/mol. The van der Waals surface area contributed by atoms with Crippen LogP contribution in [0.15, 0.2) is 42.7 Å². The molecule has 1 amide bonds. The monoisotopic (exact) mass is 399 g/mol. The molecule has 0 radical (unpaired) electrons. The fraction of sp³-hybridized carbons (Fsp3) is 0.429. The Labute approximate surface area is 169 Å². The molecule has 1 aromatic carbocycles. The molecule has 0 saturated carbocycles. The van der Waals surface area contributed by atoms with Crippen LogP contribution < -0.4 is 9.47 Å². The number of hydrogen-bond acceptors (Lipinski definition) is 7. The van der Waals surface area contributed by atoms with E-state index >= 15 is 0 Å². The summed E-state index contributed by atoms with van der Waals surface area (Å²) in [7, 11) is 0. The molecule has 0 unspecified atom stereocenters. The number of hydrogen-bond donors (Lipinski definition) is 0. The minimum absolute atomic E-state index is 0.101. The lowest BCUT2D eigenvalue weighted by Crippen LogP contribution is -2.44. The Hall–Kier alpha value is -3.16. The maximum absolute atomic E-state index is 12.1. The number of likely N-dealkylation sites (tertiary alicyclic amines) is 1. The molecule has 0 atom stereocenters. The van der Waals surface area contributed by atoms with Gasteiger partial charge in [-0.2, -0.15) is 0 Å². The van der Waals surface area contributed by atoms with Gasteiger partial charge in [-0.15, -0.1) is 0 Å². The van der Waals surface area contributed by atoms with Crippen LogP contribution >= 0.6 is 0 Å². The molecule has 1 saturated heterocycles. The Morgan fingerprint density at radius 3 is 2.24 bits per heavy atom. The molecule has 0 aliphatic carbocycles. The minimum atomic E-state index is -0.534. The molecule has 29 heavy (non-hydrogen) atoms. The molecular weight excluding hydrogens is 374 g/mol. The van der Waals surface area contributed by atoms with Gasteiger partial charge in [0.05, 0.1) is 5.56 Å². The summed E-state index contributed by atoms with van der Waals surface area (Å²) in [5, 5.41) is 0. The van der Waals surface area contributed by atoms with E-state index in [4.69, 9.17) is 14.2 Å². The number of benzene rings is 1. The van der Waals surface area contributed by atoms with Gasteiger partial charge in [0.25, 0.3) is 0 Å². The van der Waals surface area contributed by atoms with Crippen molar-refractivity contribution < 1.29 is 23.8 Å². The zero-order chi connectivity index (χ0) is 20.9. The summed E-state index contributed by atoms with van der Waals surface area (Å²) in [4.78, 5) is 34.1. The number of esters is 1. The van der Waals surface area contributed by atoms with E-state index in [-0.39, 0.29) is 23.8 Å². The third-order valence-corrected chi connectivity index (χ3v) is 4.18. The van der Waals surface area contributed by atoms with Crippen molar-refractivity contribution in [2.45, 2.75) is 45.3 Å². The van der Waals surface area contributed by atoms with Crippen LogP contribution in [0.1, 0.15) is 44.0 Å². The molecule has 1 fully saturated rings. The Balaban J connectivity index is 1.48. The van der Waals surface area contributed by atoms with Crippen molar-refractivity contribution in [2.75, 3.05) is 13.1 Å². The summed E-state index contributed by atoms with van der Waals surface area (Å²) >= 11 is 0. The van der Waals surface area contributed by atoms with Gasteiger partial charge in [-0.1, -0.05) is 18.2 Å². The molecule has 1 aliphatic heterocycles. The van der Waals surface area contributed by atoms with E-state index in [2.05, 4.69) is 9.97 Å². The summed E-state index contributed by atoms with van der Waals surface area (Å²) in [5.41, 5.74) is -0.275. The van der Waals surface area contributed by atoms with Crippen LogP contribution in [-0.4, -0.2) is 51.7 Å². The summed E-state index contributed by atoms with van der Waals surface area (Å²) < 4.78 is 16.4. The lowest BCUT2D eigenvalue weighted by molar-refractivity contribution is 0.0119. The lowest BCUT2D eigenvalue weighted by atomic mass is 10.1. The largest absolute Gasteiger partial charge is 0.460 e. The van der Waals surface area contributed by atoms with E-state index in [1.165, 1.54) is 12.4 Å². The number of ether oxygens (including phenoxy) is 3. The zero-order valence-electron chi connectivity index (χ0n) is 16.8. The van der Waals surface area contributed by atoms with E-state index in [1.807, 2.05) is 26.8 Å². The first-order chi connectivity index (χ1) is 13.8. The molecule has 0 N–H and O–H groups in total. The number of nitrogens with zero attached hydrogens (tertiary/aromatic N) is 3. The smallest absolute Gasteiger partial charge is 0.410 e. The standard InChI is InChI=1S/C21H25N3O5/c1-21(2,3)29-20(26)24-11-9-17(10-12-24)28-19-22-13-15(14-23-19)18(25)27-16-7-5-4-6-8-16/h4-8,13-14,17H,9-12H2,1-3H3. The number of carbonyl (C=O) groups is 2. The topological polar surface area (TPSA) is 90.8 Å². The summed E-state index contributed by atoms with van der Waals surface area (Å²) in [6.07, 6.45) is 3.65. The van der Waals surface area contributed by atoms with Gasteiger partial charge in [0.1, 0.15) is 17.5 Å². The molecule has 8 nitrogen and oxygen atoms in total. The van der Waals surface area contributed by atoms with Crippen LogP contribution in [0.3, 0.4) is 0 Å². The second kappa shape index (κ2) is 8.89. The molecule has 1 aromatic heterocycles. The predicted octanol–water partition coefficient (Wildman–Crippen LogP) is 3.47. The average Bonchev–Trinajstić information content (AvgIpc) is 2.68. The fourth-order valence-electron chi connectivity index (χ4n) is 2.77. The minimum Gasteiger partial charge on any atom is -0.460 e. The van der Waals surface area contributed by atoms with Crippen molar-refractivity contribution in [2.24, 2.45) is 0 Å². The molecular formula is C21H25N3O5. The van der Waals surface area contributed by atoms with Crippen molar-refractivity contribution in [3.63, 3.8) is 0 Å². The normalized spacial score (nSPS) is 14.9. The first-order valence-corrected chi connectivity index (χ1v) is 9.54. The molecule has 2 aromatic rings. The molecule has 3 rings (SSSR count). The van der Waals surface area contributed by atoms with Gasteiger partial charge >= 0.3 is 18.1 Å². The Morgan fingerprint density at radius 2 is 1.66 bits per heavy atom. The summed E-state index contributed by atoms with van der Waals surface area (Å²) in [6, 6.07) is 8.98. The van der Waals surface area contributed by atoms with Crippen molar-refractivity contribution in [1.82, 2.24) is 14.9 Å². The van der Waals surface area contributed by atoms with E-state index < -0.39 is 11.6 Å². The van der Waals surface area contributed by atoms with Crippen LogP contribution in [-0.2, 0) is 4.74 Å². The van der Waals surface area contributed by atoms with Gasteiger partial charge in [-0.3, -0.25) is 0 Å². The van der Waals surface area contributed by atoms with Crippen molar-refractivity contribution in [3.05, 3.63) is 48.3 Å². The molecule has 0 spiro atoms. The van der Waals surface area contributed by atoms with Crippen LogP contribution in [0.4, 0.5) is 4.79 Å².